The predicted molar refractivity (Wildman–Crippen MR) is 67.3 cm³/mol. The van der Waals surface area contributed by atoms with Gasteiger partial charge in [0, 0.05) is 0 Å². The van der Waals surface area contributed by atoms with Crippen molar-refractivity contribution in [2.45, 2.75) is 49.4 Å². The molecule has 4 heteroatoms. The number of halogens is 1. The van der Waals surface area contributed by atoms with Crippen LogP contribution in [0.2, 0.25) is 0 Å². The standard InChI is InChI=1S/C13H19FO2S/c1-2-3-4-8-11-13(14)17(15,16)12-9-6-5-7-10-12/h5-7,9-10,13H,2-4,8,11H2,1H3. The van der Waals surface area contributed by atoms with Crippen LogP contribution < -0.4 is 0 Å². The molecule has 0 fully saturated rings. The zero-order chi connectivity index (χ0) is 12.7. The molecule has 1 unspecified atom stereocenters. The number of hydrogen-bond donors (Lipinski definition) is 0. The Bertz CT molecular complexity index is 414. The summed E-state index contributed by atoms with van der Waals surface area (Å²) < 4.78 is 37.3. The maximum atomic E-state index is 13.7. The molecule has 0 aliphatic heterocycles. The maximum absolute atomic E-state index is 13.7. The Kier molecular flexibility index (Phi) is 5.62. The minimum absolute atomic E-state index is 0.0722. The summed E-state index contributed by atoms with van der Waals surface area (Å²) in [6.45, 7) is 2.06. The van der Waals surface area contributed by atoms with E-state index in [-0.39, 0.29) is 11.3 Å². The van der Waals surface area contributed by atoms with E-state index in [2.05, 4.69) is 6.92 Å². The Morgan fingerprint density at radius 1 is 1.12 bits per heavy atom. The van der Waals surface area contributed by atoms with Gasteiger partial charge in [-0.3, -0.25) is 0 Å². The number of rotatable bonds is 7. The first-order chi connectivity index (χ1) is 8.09. The van der Waals surface area contributed by atoms with Crippen LogP contribution >= 0.6 is 0 Å². The molecule has 1 atom stereocenters. The van der Waals surface area contributed by atoms with Gasteiger partial charge in [-0.05, 0) is 25.0 Å². The van der Waals surface area contributed by atoms with Crippen molar-refractivity contribution in [3.8, 4) is 0 Å². The molecule has 0 aliphatic carbocycles. The Hall–Kier alpha value is -0.900. The quantitative estimate of drug-likeness (QED) is 0.698. The highest BCUT2D eigenvalue weighted by atomic mass is 32.2. The average Bonchev–Trinajstić information content (AvgIpc) is 2.35. The first-order valence-corrected chi connectivity index (χ1v) is 7.56. The van der Waals surface area contributed by atoms with Crippen molar-refractivity contribution >= 4 is 9.84 Å². The number of alkyl halides is 1. The van der Waals surface area contributed by atoms with E-state index in [0.717, 1.165) is 19.3 Å². The second kappa shape index (κ2) is 6.74. The first-order valence-electron chi connectivity index (χ1n) is 6.02. The third-order valence-corrected chi connectivity index (χ3v) is 4.53. The van der Waals surface area contributed by atoms with Gasteiger partial charge < -0.3 is 0 Å². The van der Waals surface area contributed by atoms with Gasteiger partial charge in [0.1, 0.15) is 0 Å². The van der Waals surface area contributed by atoms with Gasteiger partial charge in [0.25, 0.3) is 0 Å². The molecule has 96 valence electrons. The molecule has 0 spiro atoms. The summed E-state index contributed by atoms with van der Waals surface area (Å²) in [5, 5.41) is 0. The highest BCUT2D eigenvalue weighted by Crippen LogP contribution is 2.21. The molecule has 2 nitrogen and oxygen atoms in total. The fraction of sp³-hybridized carbons (Fsp3) is 0.538. The predicted octanol–water partition coefficient (Wildman–Crippen LogP) is 3.73. The minimum Gasteiger partial charge on any atom is -0.230 e. The van der Waals surface area contributed by atoms with Gasteiger partial charge in [0.05, 0.1) is 4.90 Å². The highest BCUT2D eigenvalue weighted by molar-refractivity contribution is 7.91. The second-order valence-electron chi connectivity index (χ2n) is 4.12. The van der Waals surface area contributed by atoms with Gasteiger partial charge >= 0.3 is 0 Å². The Morgan fingerprint density at radius 2 is 1.76 bits per heavy atom. The Morgan fingerprint density at radius 3 is 2.35 bits per heavy atom. The minimum atomic E-state index is -3.79. The van der Waals surface area contributed by atoms with Crippen molar-refractivity contribution in [2.24, 2.45) is 0 Å². The van der Waals surface area contributed by atoms with Crippen LogP contribution in [-0.4, -0.2) is 13.9 Å². The second-order valence-corrected chi connectivity index (χ2v) is 6.19. The molecular weight excluding hydrogens is 239 g/mol. The largest absolute Gasteiger partial charge is 0.230 e. The van der Waals surface area contributed by atoms with E-state index in [1.54, 1.807) is 18.2 Å². The molecule has 0 saturated carbocycles. The molecule has 0 aliphatic rings. The summed E-state index contributed by atoms with van der Waals surface area (Å²) in [6.07, 6.45) is 3.69. The van der Waals surface area contributed by atoms with E-state index in [1.807, 2.05) is 0 Å². The van der Waals surface area contributed by atoms with Crippen molar-refractivity contribution in [1.82, 2.24) is 0 Å². The first kappa shape index (κ1) is 14.2. The summed E-state index contributed by atoms with van der Waals surface area (Å²) >= 11 is 0. The summed E-state index contributed by atoms with van der Waals surface area (Å²) in [7, 11) is -3.79. The van der Waals surface area contributed by atoms with Gasteiger partial charge in [-0.2, -0.15) is 0 Å². The topological polar surface area (TPSA) is 34.1 Å². The molecule has 0 radical (unpaired) electrons. The van der Waals surface area contributed by atoms with Crippen LogP contribution in [-0.2, 0) is 9.84 Å². The van der Waals surface area contributed by atoms with Crippen molar-refractivity contribution in [1.29, 1.82) is 0 Å². The fourth-order valence-corrected chi connectivity index (χ4v) is 2.95. The lowest BCUT2D eigenvalue weighted by atomic mass is 10.2. The third kappa shape index (κ3) is 4.11. The van der Waals surface area contributed by atoms with Crippen molar-refractivity contribution in [3.63, 3.8) is 0 Å². The lowest BCUT2D eigenvalue weighted by molar-refractivity contribution is 0.386. The number of hydrogen-bond acceptors (Lipinski definition) is 2. The highest BCUT2D eigenvalue weighted by Gasteiger charge is 2.26. The van der Waals surface area contributed by atoms with Crippen LogP contribution in [0, 0.1) is 0 Å². The maximum Gasteiger partial charge on any atom is 0.210 e. The van der Waals surface area contributed by atoms with Crippen molar-refractivity contribution < 1.29 is 12.8 Å². The van der Waals surface area contributed by atoms with Crippen molar-refractivity contribution in [3.05, 3.63) is 30.3 Å². The molecule has 1 aromatic carbocycles. The summed E-state index contributed by atoms with van der Waals surface area (Å²) in [4.78, 5) is 0.0722. The fourth-order valence-electron chi connectivity index (χ4n) is 1.64. The molecule has 0 N–H and O–H groups in total. The molecule has 0 aromatic heterocycles. The van der Waals surface area contributed by atoms with E-state index in [4.69, 9.17) is 0 Å². The monoisotopic (exact) mass is 258 g/mol. The van der Waals surface area contributed by atoms with E-state index >= 15 is 0 Å². The molecule has 0 heterocycles. The lowest BCUT2D eigenvalue weighted by Crippen LogP contribution is -2.16. The molecule has 0 bridgehead atoms. The number of unbranched alkanes of at least 4 members (excludes halogenated alkanes) is 3. The van der Waals surface area contributed by atoms with E-state index in [9.17, 15) is 12.8 Å². The SMILES string of the molecule is CCCCCCC(F)S(=O)(=O)c1ccccc1. The van der Waals surface area contributed by atoms with Gasteiger partial charge in [-0.15, -0.1) is 0 Å². The van der Waals surface area contributed by atoms with E-state index < -0.39 is 15.3 Å². The van der Waals surface area contributed by atoms with E-state index in [0.29, 0.717) is 6.42 Å². The lowest BCUT2D eigenvalue weighted by Gasteiger charge is -2.09. The molecule has 17 heavy (non-hydrogen) atoms. The third-order valence-electron chi connectivity index (χ3n) is 2.69. The normalized spacial score (nSPS) is 13.5. The summed E-state index contributed by atoms with van der Waals surface area (Å²) in [5.74, 6) is 0. The van der Waals surface area contributed by atoms with Gasteiger partial charge in [0.15, 0.2) is 0 Å². The zero-order valence-electron chi connectivity index (χ0n) is 10.1. The van der Waals surface area contributed by atoms with E-state index in [1.165, 1.54) is 12.1 Å². The van der Waals surface area contributed by atoms with Crippen LogP contribution in [0.5, 0.6) is 0 Å². The molecule has 0 amide bonds. The van der Waals surface area contributed by atoms with Crippen LogP contribution in [0.25, 0.3) is 0 Å². The summed E-state index contributed by atoms with van der Waals surface area (Å²) in [6, 6.07) is 7.81. The van der Waals surface area contributed by atoms with Crippen molar-refractivity contribution in [2.75, 3.05) is 0 Å². The zero-order valence-corrected chi connectivity index (χ0v) is 10.9. The van der Waals surface area contributed by atoms with Crippen LogP contribution in [0.4, 0.5) is 4.39 Å². The van der Waals surface area contributed by atoms with Gasteiger partial charge in [0.2, 0.25) is 15.3 Å². The average molecular weight is 258 g/mol. The Balaban J connectivity index is 2.59. The summed E-state index contributed by atoms with van der Waals surface area (Å²) in [5.41, 5.74) is -1.78. The number of sulfone groups is 1. The Labute approximate surface area is 103 Å². The number of benzene rings is 1. The van der Waals surface area contributed by atoms with Crippen LogP contribution in [0.15, 0.2) is 35.2 Å². The smallest absolute Gasteiger partial charge is 0.210 e. The van der Waals surface area contributed by atoms with Crippen LogP contribution in [0.3, 0.4) is 0 Å². The van der Waals surface area contributed by atoms with Gasteiger partial charge in [-0.25, -0.2) is 12.8 Å². The van der Waals surface area contributed by atoms with Crippen LogP contribution in [0.1, 0.15) is 39.0 Å². The molecule has 0 saturated heterocycles. The van der Waals surface area contributed by atoms with Gasteiger partial charge in [-0.1, -0.05) is 44.4 Å². The molecular formula is C13H19FO2S. The molecule has 1 aromatic rings. The molecule has 1 rings (SSSR count).